The van der Waals surface area contributed by atoms with Crippen molar-refractivity contribution in [2.24, 2.45) is 5.73 Å². The SMILES string of the molecule is COc1ccc(Br)cc1CC(=O)NC1(CN)CCCC1.Cl. The van der Waals surface area contributed by atoms with E-state index in [9.17, 15) is 4.79 Å². The van der Waals surface area contributed by atoms with E-state index < -0.39 is 0 Å². The summed E-state index contributed by atoms with van der Waals surface area (Å²) in [6.07, 6.45) is 4.54. The van der Waals surface area contributed by atoms with Gasteiger partial charge in [-0.05, 0) is 31.0 Å². The first-order chi connectivity index (χ1) is 9.58. The van der Waals surface area contributed by atoms with Crippen LogP contribution in [0.15, 0.2) is 22.7 Å². The smallest absolute Gasteiger partial charge is 0.225 e. The number of methoxy groups -OCH3 is 1. The van der Waals surface area contributed by atoms with Crippen LogP contribution < -0.4 is 15.8 Å². The van der Waals surface area contributed by atoms with Crippen LogP contribution in [0.1, 0.15) is 31.2 Å². The van der Waals surface area contributed by atoms with Crippen LogP contribution in [-0.2, 0) is 11.2 Å². The summed E-state index contributed by atoms with van der Waals surface area (Å²) in [5.41, 5.74) is 6.52. The number of hydrogen-bond acceptors (Lipinski definition) is 3. The number of benzene rings is 1. The Morgan fingerprint density at radius 3 is 2.67 bits per heavy atom. The lowest BCUT2D eigenvalue weighted by Gasteiger charge is -2.28. The quantitative estimate of drug-likeness (QED) is 0.829. The predicted octanol–water partition coefficient (Wildman–Crippen LogP) is 2.81. The van der Waals surface area contributed by atoms with Crippen molar-refractivity contribution < 1.29 is 9.53 Å². The van der Waals surface area contributed by atoms with Gasteiger partial charge in [0.1, 0.15) is 5.75 Å². The van der Waals surface area contributed by atoms with E-state index in [1.54, 1.807) is 7.11 Å². The highest BCUT2D eigenvalue weighted by Crippen LogP contribution is 2.29. The standard InChI is InChI=1S/C15H21BrN2O2.ClH/c1-20-13-5-4-12(16)8-11(13)9-14(19)18-15(10-17)6-2-3-7-15;/h4-5,8H,2-3,6-7,9-10,17H2,1H3,(H,18,19);1H. The molecule has 6 heteroatoms. The van der Waals surface area contributed by atoms with Crippen molar-refractivity contribution in [2.75, 3.05) is 13.7 Å². The molecule has 4 nitrogen and oxygen atoms in total. The van der Waals surface area contributed by atoms with Gasteiger partial charge in [-0.1, -0.05) is 28.8 Å². The molecule has 0 spiro atoms. The maximum Gasteiger partial charge on any atom is 0.225 e. The van der Waals surface area contributed by atoms with Gasteiger partial charge in [0.25, 0.3) is 0 Å². The van der Waals surface area contributed by atoms with E-state index in [1.165, 1.54) is 0 Å². The fraction of sp³-hybridized carbons (Fsp3) is 0.533. The van der Waals surface area contributed by atoms with Gasteiger partial charge < -0.3 is 15.8 Å². The van der Waals surface area contributed by atoms with Gasteiger partial charge in [-0.2, -0.15) is 0 Å². The zero-order valence-corrected chi connectivity index (χ0v) is 14.6. The summed E-state index contributed by atoms with van der Waals surface area (Å²) in [5, 5.41) is 3.13. The monoisotopic (exact) mass is 376 g/mol. The summed E-state index contributed by atoms with van der Waals surface area (Å²) in [4.78, 5) is 12.3. The topological polar surface area (TPSA) is 64.3 Å². The maximum absolute atomic E-state index is 12.3. The normalized spacial score (nSPS) is 16.1. The third-order valence-electron chi connectivity index (χ3n) is 3.95. The van der Waals surface area contributed by atoms with Gasteiger partial charge in [0, 0.05) is 16.6 Å². The summed E-state index contributed by atoms with van der Waals surface area (Å²) in [6, 6.07) is 5.68. The van der Waals surface area contributed by atoms with Crippen LogP contribution >= 0.6 is 28.3 Å². The zero-order valence-electron chi connectivity index (χ0n) is 12.2. The molecule has 118 valence electrons. The van der Waals surface area contributed by atoms with Crippen molar-refractivity contribution >= 4 is 34.2 Å². The molecule has 1 saturated carbocycles. The van der Waals surface area contributed by atoms with Gasteiger partial charge in [0.05, 0.1) is 19.1 Å². The largest absolute Gasteiger partial charge is 0.496 e. The molecule has 1 aromatic rings. The molecule has 1 fully saturated rings. The highest BCUT2D eigenvalue weighted by Gasteiger charge is 2.33. The van der Waals surface area contributed by atoms with Crippen LogP contribution in [0, 0.1) is 0 Å². The average Bonchev–Trinajstić information content (AvgIpc) is 2.88. The maximum atomic E-state index is 12.3. The second-order valence-corrected chi connectivity index (χ2v) is 6.29. The van der Waals surface area contributed by atoms with Gasteiger partial charge in [0.2, 0.25) is 5.91 Å². The third kappa shape index (κ3) is 4.59. The van der Waals surface area contributed by atoms with Crippen molar-refractivity contribution in [3.05, 3.63) is 28.2 Å². The number of hydrogen-bond donors (Lipinski definition) is 2. The Kier molecular flexibility index (Phi) is 6.97. The van der Waals surface area contributed by atoms with E-state index in [1.807, 2.05) is 18.2 Å². The fourth-order valence-electron chi connectivity index (χ4n) is 2.83. The minimum Gasteiger partial charge on any atom is -0.496 e. The fourth-order valence-corrected chi connectivity index (χ4v) is 3.24. The predicted molar refractivity (Wildman–Crippen MR) is 90.0 cm³/mol. The van der Waals surface area contributed by atoms with E-state index in [2.05, 4.69) is 21.2 Å². The molecule has 2 rings (SSSR count). The van der Waals surface area contributed by atoms with Crippen LogP contribution in [-0.4, -0.2) is 25.1 Å². The Hall–Kier alpha value is -0.780. The Balaban J connectivity index is 0.00000220. The van der Waals surface area contributed by atoms with Crippen molar-refractivity contribution in [1.29, 1.82) is 0 Å². The van der Waals surface area contributed by atoms with Crippen molar-refractivity contribution in [3.8, 4) is 5.75 Å². The second-order valence-electron chi connectivity index (χ2n) is 5.37. The summed E-state index contributed by atoms with van der Waals surface area (Å²) >= 11 is 3.42. The number of nitrogens with two attached hydrogens (primary N) is 1. The number of halogens is 2. The summed E-state index contributed by atoms with van der Waals surface area (Å²) in [6.45, 7) is 0.508. The highest BCUT2D eigenvalue weighted by molar-refractivity contribution is 9.10. The van der Waals surface area contributed by atoms with E-state index in [0.29, 0.717) is 13.0 Å². The molecular formula is C15H22BrClN2O2. The molecule has 0 unspecified atom stereocenters. The molecule has 21 heavy (non-hydrogen) atoms. The zero-order chi connectivity index (χ0) is 14.6. The minimum atomic E-state index is -0.198. The molecule has 1 aromatic carbocycles. The first kappa shape index (κ1) is 18.3. The number of carbonyl (C=O) groups excluding carboxylic acids is 1. The highest BCUT2D eigenvalue weighted by atomic mass is 79.9. The molecule has 1 aliphatic rings. The van der Waals surface area contributed by atoms with Crippen molar-refractivity contribution in [3.63, 3.8) is 0 Å². The van der Waals surface area contributed by atoms with Gasteiger partial charge in [-0.3, -0.25) is 4.79 Å². The van der Waals surface area contributed by atoms with Crippen LogP contribution in [0.4, 0.5) is 0 Å². The molecule has 0 radical (unpaired) electrons. The molecule has 0 aliphatic heterocycles. The molecular weight excluding hydrogens is 356 g/mol. The summed E-state index contributed by atoms with van der Waals surface area (Å²) in [5.74, 6) is 0.741. The first-order valence-corrected chi connectivity index (χ1v) is 7.71. The molecule has 3 N–H and O–H groups in total. The molecule has 1 aliphatic carbocycles. The summed E-state index contributed by atoms with van der Waals surface area (Å²) in [7, 11) is 1.61. The van der Waals surface area contributed by atoms with Crippen molar-refractivity contribution in [1.82, 2.24) is 5.32 Å². The Labute approximate surface area is 140 Å². The molecule has 0 atom stereocenters. The Bertz CT molecular complexity index is 491. The van der Waals surface area contributed by atoms with Gasteiger partial charge in [-0.15, -0.1) is 12.4 Å². The van der Waals surface area contributed by atoms with Crippen LogP contribution in [0.5, 0.6) is 5.75 Å². The first-order valence-electron chi connectivity index (χ1n) is 6.92. The van der Waals surface area contributed by atoms with E-state index >= 15 is 0 Å². The molecule has 0 aromatic heterocycles. The number of carbonyl (C=O) groups is 1. The number of rotatable bonds is 5. The third-order valence-corrected chi connectivity index (χ3v) is 4.44. The van der Waals surface area contributed by atoms with E-state index in [4.69, 9.17) is 10.5 Å². The lowest BCUT2D eigenvalue weighted by molar-refractivity contribution is -0.122. The average molecular weight is 378 g/mol. The lowest BCUT2D eigenvalue weighted by atomic mass is 9.97. The van der Waals surface area contributed by atoms with Crippen LogP contribution in [0.25, 0.3) is 0 Å². The summed E-state index contributed by atoms with van der Waals surface area (Å²) < 4.78 is 6.24. The van der Waals surface area contributed by atoms with Gasteiger partial charge >= 0.3 is 0 Å². The van der Waals surface area contributed by atoms with Gasteiger partial charge in [-0.25, -0.2) is 0 Å². The number of nitrogens with one attached hydrogen (secondary N) is 1. The minimum absolute atomic E-state index is 0. The van der Waals surface area contributed by atoms with Crippen LogP contribution in [0.3, 0.4) is 0 Å². The van der Waals surface area contributed by atoms with E-state index in [-0.39, 0.29) is 23.9 Å². The second kappa shape index (κ2) is 8.01. The molecule has 0 saturated heterocycles. The molecule has 0 bridgehead atoms. The lowest BCUT2D eigenvalue weighted by Crippen LogP contribution is -2.52. The Morgan fingerprint density at radius 1 is 1.43 bits per heavy atom. The van der Waals surface area contributed by atoms with Crippen molar-refractivity contribution in [2.45, 2.75) is 37.6 Å². The van der Waals surface area contributed by atoms with E-state index in [0.717, 1.165) is 41.5 Å². The molecule has 1 amide bonds. The number of ether oxygens (including phenoxy) is 1. The Morgan fingerprint density at radius 2 is 2.10 bits per heavy atom. The van der Waals surface area contributed by atoms with Crippen LogP contribution in [0.2, 0.25) is 0 Å². The van der Waals surface area contributed by atoms with Gasteiger partial charge in [0.15, 0.2) is 0 Å². The number of amides is 1. The molecule has 0 heterocycles.